The van der Waals surface area contributed by atoms with E-state index in [1.807, 2.05) is 30.3 Å². The minimum atomic E-state index is -0.437. The third-order valence-electron chi connectivity index (χ3n) is 3.45. The molecule has 110 valence electrons. The zero-order valence-electron chi connectivity index (χ0n) is 11.9. The number of rotatable bonds is 5. The molecule has 3 nitrogen and oxygen atoms in total. The number of nitrogens with zero attached hydrogens (tertiary/aromatic N) is 1. The Hall–Kier alpha value is -2.20. The van der Waals surface area contributed by atoms with E-state index in [1.54, 1.807) is 18.0 Å². The van der Waals surface area contributed by atoms with Gasteiger partial charge in [-0.15, -0.1) is 0 Å². The largest absolute Gasteiger partial charge is 0.396 e. The molecule has 0 radical (unpaired) electrons. The lowest BCUT2D eigenvalue weighted by Crippen LogP contribution is -2.32. The minimum Gasteiger partial charge on any atom is -0.396 e. The van der Waals surface area contributed by atoms with Crippen molar-refractivity contribution in [3.8, 4) is 0 Å². The number of aliphatic hydroxyl groups is 1. The van der Waals surface area contributed by atoms with Gasteiger partial charge in [-0.1, -0.05) is 36.4 Å². The second-order valence-electron chi connectivity index (χ2n) is 4.87. The Morgan fingerprint density at radius 3 is 2.52 bits per heavy atom. The van der Waals surface area contributed by atoms with Crippen LogP contribution in [0.25, 0.3) is 0 Å². The lowest BCUT2D eigenvalue weighted by Gasteiger charge is -2.28. The molecule has 0 spiro atoms. The van der Waals surface area contributed by atoms with Crippen LogP contribution >= 0.6 is 0 Å². The maximum absolute atomic E-state index is 13.3. The van der Waals surface area contributed by atoms with E-state index >= 15 is 0 Å². The Balaban J connectivity index is 2.26. The van der Waals surface area contributed by atoms with Gasteiger partial charge in [0.2, 0.25) is 0 Å². The highest BCUT2D eigenvalue weighted by atomic mass is 19.1. The van der Waals surface area contributed by atoms with E-state index in [4.69, 9.17) is 0 Å². The van der Waals surface area contributed by atoms with Gasteiger partial charge in [-0.05, 0) is 30.2 Å². The number of carbonyl (C=O) groups is 1. The van der Waals surface area contributed by atoms with E-state index in [0.29, 0.717) is 12.0 Å². The molecule has 1 atom stereocenters. The highest BCUT2D eigenvalue weighted by Gasteiger charge is 2.22. The van der Waals surface area contributed by atoms with Crippen LogP contribution in [0.1, 0.15) is 28.4 Å². The molecule has 2 aromatic rings. The molecule has 0 saturated heterocycles. The van der Waals surface area contributed by atoms with Crippen molar-refractivity contribution in [1.29, 1.82) is 0 Å². The molecule has 0 aliphatic carbocycles. The van der Waals surface area contributed by atoms with Gasteiger partial charge in [0.05, 0.1) is 6.04 Å². The van der Waals surface area contributed by atoms with E-state index in [9.17, 15) is 14.3 Å². The quantitative estimate of drug-likeness (QED) is 0.918. The van der Waals surface area contributed by atoms with Gasteiger partial charge in [0, 0.05) is 19.2 Å². The molecule has 0 aliphatic rings. The van der Waals surface area contributed by atoms with Crippen molar-refractivity contribution in [2.45, 2.75) is 12.5 Å². The van der Waals surface area contributed by atoms with E-state index in [2.05, 4.69) is 0 Å². The smallest absolute Gasteiger partial charge is 0.254 e. The fourth-order valence-electron chi connectivity index (χ4n) is 2.35. The van der Waals surface area contributed by atoms with Gasteiger partial charge in [0.15, 0.2) is 0 Å². The fourth-order valence-corrected chi connectivity index (χ4v) is 2.35. The van der Waals surface area contributed by atoms with Crippen molar-refractivity contribution in [3.63, 3.8) is 0 Å². The van der Waals surface area contributed by atoms with Crippen LogP contribution < -0.4 is 0 Å². The first kappa shape index (κ1) is 15.2. The second kappa shape index (κ2) is 6.99. The normalized spacial score (nSPS) is 12.0. The van der Waals surface area contributed by atoms with Gasteiger partial charge < -0.3 is 10.0 Å². The zero-order chi connectivity index (χ0) is 15.2. The molecule has 0 fully saturated rings. The monoisotopic (exact) mass is 287 g/mol. The first-order valence-corrected chi connectivity index (χ1v) is 6.82. The summed E-state index contributed by atoms with van der Waals surface area (Å²) in [5.74, 6) is -0.704. The molecule has 0 aliphatic heterocycles. The van der Waals surface area contributed by atoms with Gasteiger partial charge in [0.25, 0.3) is 5.91 Å². The summed E-state index contributed by atoms with van der Waals surface area (Å²) in [4.78, 5) is 14.0. The average molecular weight is 287 g/mol. The van der Waals surface area contributed by atoms with Crippen LogP contribution in [0.5, 0.6) is 0 Å². The summed E-state index contributed by atoms with van der Waals surface area (Å²) in [6.07, 6.45) is 0.432. The first-order chi connectivity index (χ1) is 10.1. The predicted octanol–water partition coefficient (Wildman–Crippen LogP) is 3.02. The predicted molar refractivity (Wildman–Crippen MR) is 79.4 cm³/mol. The minimum absolute atomic E-state index is 0.0274. The molecular weight excluding hydrogens is 269 g/mol. The summed E-state index contributed by atoms with van der Waals surface area (Å²) in [7, 11) is 1.67. The van der Waals surface area contributed by atoms with Gasteiger partial charge in [-0.2, -0.15) is 0 Å². The molecule has 2 aromatic carbocycles. The van der Waals surface area contributed by atoms with Crippen LogP contribution in [0.4, 0.5) is 4.39 Å². The lowest BCUT2D eigenvalue weighted by atomic mass is 10.0. The molecule has 1 N–H and O–H groups in total. The fraction of sp³-hybridized carbons (Fsp3) is 0.235. The number of benzene rings is 2. The Morgan fingerprint density at radius 1 is 1.19 bits per heavy atom. The summed E-state index contributed by atoms with van der Waals surface area (Å²) < 4.78 is 13.3. The molecule has 0 aromatic heterocycles. The van der Waals surface area contributed by atoms with Crippen molar-refractivity contribution >= 4 is 5.91 Å². The van der Waals surface area contributed by atoms with Crippen LogP contribution in [0.2, 0.25) is 0 Å². The van der Waals surface area contributed by atoms with Crippen LogP contribution in [0.15, 0.2) is 54.6 Å². The third kappa shape index (κ3) is 3.67. The van der Waals surface area contributed by atoms with Gasteiger partial charge >= 0.3 is 0 Å². The lowest BCUT2D eigenvalue weighted by molar-refractivity contribution is 0.0704. The molecule has 4 heteroatoms. The van der Waals surface area contributed by atoms with Crippen molar-refractivity contribution in [3.05, 3.63) is 71.5 Å². The Kier molecular flexibility index (Phi) is 5.06. The van der Waals surface area contributed by atoms with Gasteiger partial charge in [-0.3, -0.25) is 4.79 Å². The van der Waals surface area contributed by atoms with Crippen molar-refractivity contribution in [2.24, 2.45) is 0 Å². The van der Waals surface area contributed by atoms with Gasteiger partial charge in [0.1, 0.15) is 5.82 Å². The number of aliphatic hydroxyl groups excluding tert-OH is 1. The van der Waals surface area contributed by atoms with Crippen molar-refractivity contribution in [1.82, 2.24) is 4.90 Å². The van der Waals surface area contributed by atoms with E-state index in [-0.39, 0.29) is 18.6 Å². The topological polar surface area (TPSA) is 40.5 Å². The molecular formula is C17H18FNO2. The highest BCUT2D eigenvalue weighted by Crippen LogP contribution is 2.24. The molecule has 21 heavy (non-hydrogen) atoms. The van der Waals surface area contributed by atoms with Gasteiger partial charge in [-0.25, -0.2) is 4.39 Å². The third-order valence-corrected chi connectivity index (χ3v) is 3.45. The molecule has 1 amide bonds. The number of hydrogen-bond acceptors (Lipinski definition) is 2. The number of halogens is 1. The summed E-state index contributed by atoms with van der Waals surface area (Å²) in [6, 6.07) is 14.9. The zero-order valence-corrected chi connectivity index (χ0v) is 11.9. The van der Waals surface area contributed by atoms with Crippen molar-refractivity contribution in [2.75, 3.05) is 13.7 Å². The molecule has 0 saturated carbocycles. The van der Waals surface area contributed by atoms with E-state index in [0.717, 1.165) is 5.56 Å². The maximum atomic E-state index is 13.3. The van der Waals surface area contributed by atoms with E-state index < -0.39 is 5.82 Å². The standard InChI is InChI=1S/C17H18FNO2/c1-19(17(21)14-8-5-9-15(18)12-14)16(10-11-20)13-6-3-2-4-7-13/h2-9,12,16,20H,10-11H2,1H3. The summed E-state index contributed by atoms with van der Waals surface area (Å²) in [5, 5.41) is 9.25. The van der Waals surface area contributed by atoms with Crippen LogP contribution in [-0.4, -0.2) is 29.6 Å². The van der Waals surface area contributed by atoms with Crippen LogP contribution in [0, 0.1) is 5.82 Å². The summed E-state index contributed by atoms with van der Waals surface area (Å²) >= 11 is 0. The number of amides is 1. The molecule has 0 heterocycles. The molecule has 1 unspecified atom stereocenters. The average Bonchev–Trinajstić information content (AvgIpc) is 2.52. The summed E-state index contributed by atoms with van der Waals surface area (Å²) in [5.41, 5.74) is 1.25. The highest BCUT2D eigenvalue weighted by molar-refractivity contribution is 5.94. The number of hydrogen-bond donors (Lipinski definition) is 1. The SMILES string of the molecule is CN(C(=O)c1cccc(F)c1)C(CCO)c1ccccc1. The first-order valence-electron chi connectivity index (χ1n) is 6.82. The Morgan fingerprint density at radius 2 is 1.90 bits per heavy atom. The second-order valence-corrected chi connectivity index (χ2v) is 4.87. The maximum Gasteiger partial charge on any atom is 0.254 e. The molecule has 0 bridgehead atoms. The Labute approximate surface area is 123 Å². The summed E-state index contributed by atoms with van der Waals surface area (Å²) in [6.45, 7) is -0.0274. The molecule has 2 rings (SSSR count). The Bertz CT molecular complexity index is 601. The van der Waals surface area contributed by atoms with E-state index in [1.165, 1.54) is 18.2 Å². The van der Waals surface area contributed by atoms with Crippen molar-refractivity contribution < 1.29 is 14.3 Å². The van der Waals surface area contributed by atoms with Crippen LogP contribution in [0.3, 0.4) is 0 Å². The number of carbonyl (C=O) groups excluding carboxylic acids is 1. The van der Waals surface area contributed by atoms with Crippen LogP contribution in [-0.2, 0) is 0 Å².